The minimum atomic E-state index is -0.818. The molecule has 0 aliphatic carbocycles. The van der Waals surface area contributed by atoms with Crippen LogP contribution in [-0.2, 0) is 6.54 Å². The second-order valence-electron chi connectivity index (χ2n) is 4.59. The molecule has 0 bridgehead atoms. The van der Waals surface area contributed by atoms with Gasteiger partial charge in [-0.3, -0.25) is 0 Å². The topological polar surface area (TPSA) is 21.3 Å². The van der Waals surface area contributed by atoms with E-state index in [-0.39, 0.29) is 12.6 Å². The molecule has 2 aromatic rings. The fourth-order valence-electron chi connectivity index (χ4n) is 1.96. The third kappa shape index (κ3) is 3.33. The summed E-state index contributed by atoms with van der Waals surface area (Å²) in [5, 5.41) is 3.17. The smallest absolute Gasteiger partial charge is 0.163 e. The molecule has 0 heterocycles. The summed E-state index contributed by atoms with van der Waals surface area (Å²) in [6.07, 6.45) is 0. The summed E-state index contributed by atoms with van der Waals surface area (Å²) in [5.41, 5.74) is 1.38. The minimum Gasteiger partial charge on any atom is -0.497 e. The molecule has 4 heteroatoms. The number of halogens is 2. The van der Waals surface area contributed by atoms with E-state index in [0.29, 0.717) is 5.56 Å². The first-order valence-electron chi connectivity index (χ1n) is 6.42. The highest BCUT2D eigenvalue weighted by Gasteiger charge is 2.10. The van der Waals surface area contributed by atoms with Crippen molar-refractivity contribution in [1.29, 1.82) is 0 Å². The quantitative estimate of drug-likeness (QED) is 0.897. The van der Waals surface area contributed by atoms with Gasteiger partial charge in [0.15, 0.2) is 11.6 Å². The van der Waals surface area contributed by atoms with E-state index in [4.69, 9.17) is 4.74 Å². The first-order valence-corrected chi connectivity index (χ1v) is 6.42. The molecular formula is C16H17F2NO. The lowest BCUT2D eigenvalue weighted by Gasteiger charge is -2.15. The monoisotopic (exact) mass is 277 g/mol. The predicted octanol–water partition coefficient (Wildman–Crippen LogP) is 3.82. The lowest BCUT2D eigenvalue weighted by Crippen LogP contribution is -2.19. The molecule has 0 fully saturated rings. The maximum atomic E-state index is 13.5. The van der Waals surface area contributed by atoms with Crippen LogP contribution in [-0.4, -0.2) is 7.11 Å². The highest BCUT2D eigenvalue weighted by Crippen LogP contribution is 2.18. The predicted molar refractivity (Wildman–Crippen MR) is 74.6 cm³/mol. The molecule has 0 amide bonds. The molecule has 0 saturated carbocycles. The van der Waals surface area contributed by atoms with Gasteiger partial charge in [0.05, 0.1) is 7.11 Å². The van der Waals surface area contributed by atoms with Crippen LogP contribution in [0.15, 0.2) is 42.5 Å². The Morgan fingerprint density at radius 1 is 1.10 bits per heavy atom. The first kappa shape index (κ1) is 14.5. The SMILES string of the molecule is COc1ccc([C@H](C)NCc2cccc(F)c2F)cc1. The van der Waals surface area contributed by atoms with Crippen LogP contribution in [0.1, 0.15) is 24.1 Å². The zero-order valence-corrected chi connectivity index (χ0v) is 11.5. The first-order chi connectivity index (χ1) is 9.61. The van der Waals surface area contributed by atoms with Gasteiger partial charge in [-0.05, 0) is 30.7 Å². The van der Waals surface area contributed by atoms with Crippen molar-refractivity contribution in [2.24, 2.45) is 0 Å². The zero-order chi connectivity index (χ0) is 14.5. The van der Waals surface area contributed by atoms with E-state index in [0.717, 1.165) is 17.4 Å². The second kappa shape index (κ2) is 6.48. The van der Waals surface area contributed by atoms with Gasteiger partial charge in [0.1, 0.15) is 5.75 Å². The van der Waals surface area contributed by atoms with Crippen LogP contribution in [0, 0.1) is 11.6 Å². The molecule has 0 aliphatic heterocycles. The minimum absolute atomic E-state index is 0.0311. The van der Waals surface area contributed by atoms with Crippen molar-refractivity contribution in [3.05, 3.63) is 65.2 Å². The Balaban J connectivity index is 2.00. The summed E-state index contributed by atoms with van der Waals surface area (Å²) in [6, 6.07) is 11.9. The van der Waals surface area contributed by atoms with E-state index in [2.05, 4.69) is 5.32 Å². The van der Waals surface area contributed by atoms with Gasteiger partial charge in [0.25, 0.3) is 0 Å². The lowest BCUT2D eigenvalue weighted by molar-refractivity contribution is 0.414. The summed E-state index contributed by atoms with van der Waals surface area (Å²) in [6.45, 7) is 2.25. The van der Waals surface area contributed by atoms with Gasteiger partial charge in [-0.15, -0.1) is 0 Å². The highest BCUT2D eigenvalue weighted by molar-refractivity contribution is 5.29. The Labute approximate surface area is 117 Å². The van der Waals surface area contributed by atoms with Crippen LogP contribution in [0.25, 0.3) is 0 Å². The summed E-state index contributed by atoms with van der Waals surface area (Å²) < 4.78 is 31.7. The number of nitrogens with one attached hydrogen (secondary N) is 1. The molecular weight excluding hydrogens is 260 g/mol. The van der Waals surface area contributed by atoms with Crippen molar-refractivity contribution in [3.8, 4) is 5.75 Å². The summed E-state index contributed by atoms with van der Waals surface area (Å²) in [4.78, 5) is 0. The Morgan fingerprint density at radius 3 is 2.45 bits per heavy atom. The molecule has 2 rings (SSSR count). The third-order valence-corrected chi connectivity index (χ3v) is 3.25. The number of rotatable bonds is 5. The fourth-order valence-corrected chi connectivity index (χ4v) is 1.96. The molecule has 0 aliphatic rings. The molecule has 20 heavy (non-hydrogen) atoms. The van der Waals surface area contributed by atoms with Gasteiger partial charge >= 0.3 is 0 Å². The Hall–Kier alpha value is -1.94. The summed E-state index contributed by atoms with van der Waals surface area (Å²) in [5.74, 6) is -0.819. The Bertz CT molecular complexity index is 569. The molecule has 2 aromatic carbocycles. The van der Waals surface area contributed by atoms with Crippen molar-refractivity contribution >= 4 is 0 Å². The zero-order valence-electron chi connectivity index (χ0n) is 11.5. The molecule has 1 atom stereocenters. The van der Waals surface area contributed by atoms with E-state index >= 15 is 0 Å². The Kier molecular flexibility index (Phi) is 4.69. The Morgan fingerprint density at radius 2 is 1.80 bits per heavy atom. The average Bonchev–Trinajstić information content (AvgIpc) is 2.48. The molecule has 0 unspecified atom stereocenters. The summed E-state index contributed by atoms with van der Waals surface area (Å²) >= 11 is 0. The van der Waals surface area contributed by atoms with Crippen molar-refractivity contribution in [2.75, 3.05) is 7.11 Å². The van der Waals surface area contributed by atoms with Crippen LogP contribution in [0.4, 0.5) is 8.78 Å². The maximum absolute atomic E-state index is 13.5. The molecule has 106 valence electrons. The largest absolute Gasteiger partial charge is 0.497 e. The van der Waals surface area contributed by atoms with E-state index < -0.39 is 11.6 Å². The maximum Gasteiger partial charge on any atom is 0.163 e. The van der Waals surface area contributed by atoms with E-state index in [1.807, 2.05) is 31.2 Å². The van der Waals surface area contributed by atoms with Crippen molar-refractivity contribution in [3.63, 3.8) is 0 Å². The van der Waals surface area contributed by atoms with Gasteiger partial charge < -0.3 is 10.1 Å². The van der Waals surface area contributed by atoms with Crippen LogP contribution in [0.5, 0.6) is 5.75 Å². The average molecular weight is 277 g/mol. The van der Waals surface area contributed by atoms with Crippen LogP contribution in [0.3, 0.4) is 0 Å². The molecule has 0 saturated heterocycles. The number of methoxy groups -OCH3 is 1. The number of hydrogen-bond acceptors (Lipinski definition) is 2. The van der Waals surface area contributed by atoms with Crippen LogP contribution < -0.4 is 10.1 Å². The van der Waals surface area contributed by atoms with Crippen LogP contribution in [0.2, 0.25) is 0 Å². The normalized spacial score (nSPS) is 12.2. The standard InChI is InChI=1S/C16H17F2NO/c1-11(12-6-8-14(20-2)9-7-12)19-10-13-4-3-5-15(17)16(13)18/h3-9,11,19H,10H2,1-2H3/t11-/m0/s1. The molecule has 2 nitrogen and oxygen atoms in total. The van der Waals surface area contributed by atoms with Gasteiger partial charge in [0, 0.05) is 18.2 Å². The van der Waals surface area contributed by atoms with Crippen molar-refractivity contribution < 1.29 is 13.5 Å². The molecule has 0 radical (unpaired) electrons. The van der Waals surface area contributed by atoms with E-state index in [9.17, 15) is 8.78 Å². The van der Waals surface area contributed by atoms with Gasteiger partial charge in [-0.1, -0.05) is 24.3 Å². The fraction of sp³-hybridized carbons (Fsp3) is 0.250. The highest BCUT2D eigenvalue weighted by atomic mass is 19.2. The summed E-state index contributed by atoms with van der Waals surface area (Å²) in [7, 11) is 1.61. The van der Waals surface area contributed by atoms with Gasteiger partial charge in [-0.2, -0.15) is 0 Å². The van der Waals surface area contributed by atoms with Gasteiger partial charge in [0.2, 0.25) is 0 Å². The molecule has 1 N–H and O–H groups in total. The van der Waals surface area contributed by atoms with Crippen LogP contribution >= 0.6 is 0 Å². The van der Waals surface area contributed by atoms with Gasteiger partial charge in [-0.25, -0.2) is 8.78 Å². The van der Waals surface area contributed by atoms with Crippen molar-refractivity contribution in [1.82, 2.24) is 5.32 Å². The van der Waals surface area contributed by atoms with E-state index in [1.54, 1.807) is 13.2 Å². The second-order valence-corrected chi connectivity index (χ2v) is 4.59. The number of hydrogen-bond donors (Lipinski definition) is 1. The molecule has 0 aromatic heterocycles. The number of benzene rings is 2. The van der Waals surface area contributed by atoms with E-state index in [1.165, 1.54) is 6.07 Å². The third-order valence-electron chi connectivity index (χ3n) is 3.25. The lowest BCUT2D eigenvalue weighted by atomic mass is 10.1. The van der Waals surface area contributed by atoms with Crippen molar-refractivity contribution in [2.45, 2.75) is 19.5 Å². The molecule has 0 spiro atoms. The number of ether oxygens (including phenoxy) is 1.